The molecular formula is C17H26N4. The molecule has 0 saturated heterocycles. The van der Waals surface area contributed by atoms with Crippen LogP contribution in [0.1, 0.15) is 58.6 Å². The Hall–Kier alpha value is -1.58. The van der Waals surface area contributed by atoms with E-state index in [9.17, 15) is 0 Å². The Kier molecular flexibility index (Phi) is 3.87. The molecule has 2 aromatic rings. The zero-order valence-corrected chi connectivity index (χ0v) is 13.5. The van der Waals surface area contributed by atoms with Gasteiger partial charge in [0.15, 0.2) is 5.82 Å². The summed E-state index contributed by atoms with van der Waals surface area (Å²) >= 11 is 0. The number of fused-ring (bicyclic) bond motifs is 1. The van der Waals surface area contributed by atoms with Gasteiger partial charge >= 0.3 is 0 Å². The van der Waals surface area contributed by atoms with Gasteiger partial charge in [-0.3, -0.25) is 0 Å². The van der Waals surface area contributed by atoms with E-state index in [1.807, 2.05) is 16.9 Å². The van der Waals surface area contributed by atoms with E-state index < -0.39 is 0 Å². The van der Waals surface area contributed by atoms with Crippen LogP contribution in [0.15, 0.2) is 18.5 Å². The topological polar surface area (TPSA) is 42.2 Å². The van der Waals surface area contributed by atoms with E-state index in [2.05, 4.69) is 49.2 Å². The van der Waals surface area contributed by atoms with Crippen LogP contribution in [0.3, 0.4) is 0 Å². The number of anilines is 1. The van der Waals surface area contributed by atoms with E-state index in [0.29, 0.717) is 17.9 Å². The van der Waals surface area contributed by atoms with Gasteiger partial charge in [0.05, 0.1) is 5.69 Å². The third kappa shape index (κ3) is 2.63. The smallest absolute Gasteiger partial charge is 0.152 e. The molecular weight excluding hydrogens is 260 g/mol. The number of nitrogens with zero attached hydrogens (tertiary/aromatic N) is 3. The average molecular weight is 286 g/mol. The van der Waals surface area contributed by atoms with Crippen molar-refractivity contribution in [2.75, 3.05) is 5.32 Å². The van der Waals surface area contributed by atoms with E-state index in [0.717, 1.165) is 22.9 Å². The maximum absolute atomic E-state index is 4.63. The Morgan fingerprint density at radius 2 is 2.19 bits per heavy atom. The fourth-order valence-electron chi connectivity index (χ4n) is 3.54. The molecule has 0 amide bonds. The van der Waals surface area contributed by atoms with Crippen molar-refractivity contribution >= 4 is 11.3 Å². The summed E-state index contributed by atoms with van der Waals surface area (Å²) in [5, 5.41) is 8.31. The number of hydrogen-bond donors (Lipinski definition) is 1. The quantitative estimate of drug-likeness (QED) is 0.920. The molecule has 114 valence electrons. The van der Waals surface area contributed by atoms with Gasteiger partial charge in [0.1, 0.15) is 5.52 Å². The average Bonchev–Trinajstić information content (AvgIpc) is 3.04. The Balaban J connectivity index is 1.87. The highest BCUT2D eigenvalue weighted by molar-refractivity contribution is 5.68. The standard InChI is InChI=1S/C17H26N4/c1-5-13-6-7-14(12(13)4)19-17-16-10-15(11(2)3)20-21(16)9-8-18-17/h8-14H,5-7H2,1-4H3,(H,18,19). The summed E-state index contributed by atoms with van der Waals surface area (Å²) in [6.07, 6.45) is 7.62. The minimum Gasteiger partial charge on any atom is -0.365 e. The largest absolute Gasteiger partial charge is 0.365 e. The molecule has 4 heteroatoms. The summed E-state index contributed by atoms with van der Waals surface area (Å²) in [5.74, 6) is 2.97. The molecule has 1 saturated carbocycles. The molecule has 2 aromatic heterocycles. The first-order valence-electron chi connectivity index (χ1n) is 8.21. The number of hydrogen-bond acceptors (Lipinski definition) is 3. The van der Waals surface area contributed by atoms with Crippen LogP contribution in [-0.2, 0) is 0 Å². The van der Waals surface area contributed by atoms with E-state index >= 15 is 0 Å². The minimum absolute atomic E-state index is 0.438. The predicted molar refractivity (Wildman–Crippen MR) is 86.7 cm³/mol. The molecule has 1 fully saturated rings. The first kappa shape index (κ1) is 14.4. The molecule has 0 spiro atoms. The van der Waals surface area contributed by atoms with Gasteiger partial charge < -0.3 is 5.32 Å². The highest BCUT2D eigenvalue weighted by Crippen LogP contribution is 2.36. The summed E-state index contributed by atoms with van der Waals surface area (Å²) in [6, 6.07) is 2.70. The van der Waals surface area contributed by atoms with Crippen LogP contribution in [0.25, 0.3) is 5.52 Å². The van der Waals surface area contributed by atoms with Crippen LogP contribution in [0.2, 0.25) is 0 Å². The summed E-state index contributed by atoms with van der Waals surface area (Å²) in [4.78, 5) is 4.56. The lowest BCUT2D eigenvalue weighted by Crippen LogP contribution is -2.25. The highest BCUT2D eigenvalue weighted by Gasteiger charge is 2.31. The van der Waals surface area contributed by atoms with Crippen molar-refractivity contribution in [2.24, 2.45) is 11.8 Å². The molecule has 0 bridgehead atoms. The van der Waals surface area contributed by atoms with E-state index in [1.54, 1.807) is 0 Å². The molecule has 0 aliphatic heterocycles. The van der Waals surface area contributed by atoms with Crippen LogP contribution in [0, 0.1) is 11.8 Å². The zero-order chi connectivity index (χ0) is 15.0. The van der Waals surface area contributed by atoms with Gasteiger partial charge in [0.25, 0.3) is 0 Å². The van der Waals surface area contributed by atoms with Crippen molar-refractivity contribution in [3.63, 3.8) is 0 Å². The second-order valence-electron chi connectivity index (χ2n) is 6.69. The molecule has 3 unspecified atom stereocenters. The molecule has 3 rings (SSSR count). The van der Waals surface area contributed by atoms with E-state index in [-0.39, 0.29) is 0 Å². The van der Waals surface area contributed by atoms with Crippen molar-refractivity contribution in [3.8, 4) is 0 Å². The Labute approximate surface area is 127 Å². The van der Waals surface area contributed by atoms with Gasteiger partial charge in [-0.2, -0.15) is 5.10 Å². The van der Waals surface area contributed by atoms with Gasteiger partial charge in [-0.05, 0) is 36.7 Å². The van der Waals surface area contributed by atoms with Crippen LogP contribution in [0.4, 0.5) is 5.82 Å². The van der Waals surface area contributed by atoms with Crippen molar-refractivity contribution in [1.82, 2.24) is 14.6 Å². The van der Waals surface area contributed by atoms with Crippen LogP contribution >= 0.6 is 0 Å². The first-order valence-corrected chi connectivity index (χ1v) is 8.21. The summed E-state index contributed by atoms with van der Waals surface area (Å²) in [7, 11) is 0. The van der Waals surface area contributed by atoms with Crippen molar-refractivity contribution < 1.29 is 0 Å². The lowest BCUT2D eigenvalue weighted by molar-refractivity contribution is 0.391. The Morgan fingerprint density at radius 3 is 2.86 bits per heavy atom. The summed E-state index contributed by atoms with van der Waals surface area (Å²) < 4.78 is 1.95. The van der Waals surface area contributed by atoms with Crippen LogP contribution in [0.5, 0.6) is 0 Å². The normalized spacial score (nSPS) is 25.9. The Morgan fingerprint density at radius 1 is 1.38 bits per heavy atom. The van der Waals surface area contributed by atoms with Gasteiger partial charge in [0.2, 0.25) is 0 Å². The minimum atomic E-state index is 0.438. The molecule has 0 aromatic carbocycles. The molecule has 1 N–H and O–H groups in total. The summed E-state index contributed by atoms with van der Waals surface area (Å²) in [6.45, 7) is 9.02. The van der Waals surface area contributed by atoms with Gasteiger partial charge in [-0.25, -0.2) is 9.50 Å². The molecule has 2 heterocycles. The second-order valence-corrected chi connectivity index (χ2v) is 6.69. The fourth-order valence-corrected chi connectivity index (χ4v) is 3.54. The van der Waals surface area contributed by atoms with E-state index in [1.165, 1.54) is 19.3 Å². The van der Waals surface area contributed by atoms with Crippen molar-refractivity contribution in [3.05, 3.63) is 24.2 Å². The second kappa shape index (κ2) is 5.66. The Bertz CT molecular complexity index is 616. The number of rotatable bonds is 4. The van der Waals surface area contributed by atoms with Crippen molar-refractivity contribution in [1.29, 1.82) is 0 Å². The molecule has 3 atom stereocenters. The molecule has 21 heavy (non-hydrogen) atoms. The number of nitrogens with one attached hydrogen (secondary N) is 1. The zero-order valence-electron chi connectivity index (χ0n) is 13.5. The molecule has 0 radical (unpaired) electrons. The fraction of sp³-hybridized carbons (Fsp3) is 0.647. The van der Waals surface area contributed by atoms with Crippen LogP contribution < -0.4 is 5.32 Å². The SMILES string of the molecule is CCC1CCC(Nc2nccn3nc(C(C)C)cc23)C1C. The first-order chi connectivity index (χ1) is 10.1. The van der Waals surface area contributed by atoms with E-state index in [4.69, 9.17) is 0 Å². The maximum Gasteiger partial charge on any atom is 0.152 e. The van der Waals surface area contributed by atoms with Crippen LogP contribution in [-0.4, -0.2) is 20.6 Å². The molecule has 1 aliphatic rings. The predicted octanol–water partition coefficient (Wildman–Crippen LogP) is 4.09. The van der Waals surface area contributed by atoms with Gasteiger partial charge in [0, 0.05) is 18.4 Å². The highest BCUT2D eigenvalue weighted by atomic mass is 15.2. The summed E-state index contributed by atoms with van der Waals surface area (Å²) in [5.41, 5.74) is 2.21. The molecule has 4 nitrogen and oxygen atoms in total. The molecule has 1 aliphatic carbocycles. The monoisotopic (exact) mass is 286 g/mol. The lowest BCUT2D eigenvalue weighted by Gasteiger charge is -2.21. The van der Waals surface area contributed by atoms with Crippen molar-refractivity contribution in [2.45, 2.75) is 58.9 Å². The van der Waals surface area contributed by atoms with Gasteiger partial charge in [-0.1, -0.05) is 34.1 Å². The lowest BCUT2D eigenvalue weighted by atomic mass is 9.93. The third-order valence-corrected chi connectivity index (χ3v) is 5.07. The van der Waals surface area contributed by atoms with Gasteiger partial charge in [-0.15, -0.1) is 0 Å². The maximum atomic E-state index is 4.63. The number of aromatic nitrogens is 3. The third-order valence-electron chi connectivity index (χ3n) is 5.07.